The number of carboxylic acid groups (broad SMARTS) is 1. The number of hydrogen-bond donors (Lipinski definition) is 3. The predicted molar refractivity (Wildman–Crippen MR) is 87.9 cm³/mol. The summed E-state index contributed by atoms with van der Waals surface area (Å²) < 4.78 is 26.2. The van der Waals surface area contributed by atoms with Crippen molar-refractivity contribution in [2.75, 3.05) is 6.54 Å². The fourth-order valence-electron chi connectivity index (χ4n) is 1.54. The number of carboxylic acids is 1. The van der Waals surface area contributed by atoms with Gasteiger partial charge in [-0.1, -0.05) is 20.8 Å². The van der Waals surface area contributed by atoms with Crippen LogP contribution in [0.1, 0.15) is 32.6 Å². The Bertz CT molecular complexity index is 674. The van der Waals surface area contributed by atoms with E-state index in [0.717, 1.165) is 16.2 Å². The third-order valence-corrected chi connectivity index (χ3v) is 6.12. The van der Waals surface area contributed by atoms with E-state index < -0.39 is 27.4 Å². The zero-order valence-electron chi connectivity index (χ0n) is 13.5. The smallest absolute Gasteiger partial charge is 0.321 e. The van der Waals surface area contributed by atoms with Gasteiger partial charge in [0.2, 0.25) is 5.91 Å². The van der Waals surface area contributed by atoms with Gasteiger partial charge in [0.1, 0.15) is 10.3 Å². The number of sulfonamides is 1. The lowest BCUT2D eigenvalue weighted by atomic mass is 9.96. The molecule has 0 fully saturated rings. The molecule has 0 spiro atoms. The van der Waals surface area contributed by atoms with Crippen LogP contribution in [0.3, 0.4) is 0 Å². The highest BCUT2D eigenvalue weighted by molar-refractivity contribution is 7.91. The Balaban J connectivity index is 2.64. The summed E-state index contributed by atoms with van der Waals surface area (Å²) in [6, 6.07) is 1.90. The van der Waals surface area contributed by atoms with Gasteiger partial charge in [-0.05, 0) is 25.5 Å². The minimum absolute atomic E-state index is 0.0581. The fraction of sp³-hybridized carbons (Fsp3) is 0.571. The van der Waals surface area contributed by atoms with Gasteiger partial charge in [0.15, 0.2) is 0 Å². The quantitative estimate of drug-likeness (QED) is 0.675. The Labute approximate surface area is 140 Å². The summed E-state index contributed by atoms with van der Waals surface area (Å²) in [5.41, 5.74) is -0.471. The van der Waals surface area contributed by atoms with Crippen molar-refractivity contribution in [2.24, 2.45) is 5.41 Å². The molecule has 1 rings (SSSR count). The standard InChI is InChI=1S/C14H22N2O5S2/c1-9(12(17)18)16-23(20,21)11-6-5-10(22-11)7-8-15-13(19)14(2,3)4/h5-6,9,16H,7-8H2,1-4H3,(H,15,19)(H,17,18). The number of carbonyl (C=O) groups is 2. The van der Waals surface area contributed by atoms with Gasteiger partial charge in [-0.25, -0.2) is 8.42 Å². The fourth-order valence-corrected chi connectivity index (χ4v) is 4.11. The molecule has 7 nitrogen and oxygen atoms in total. The topological polar surface area (TPSA) is 113 Å². The first-order valence-corrected chi connectivity index (χ1v) is 9.35. The number of rotatable bonds is 7. The number of carbonyl (C=O) groups excluding carboxylic acids is 1. The Kier molecular flexibility index (Phi) is 6.32. The van der Waals surface area contributed by atoms with Gasteiger partial charge in [-0.15, -0.1) is 11.3 Å². The summed E-state index contributed by atoms with van der Waals surface area (Å²) in [6.07, 6.45) is 0.510. The van der Waals surface area contributed by atoms with E-state index >= 15 is 0 Å². The Hall–Kier alpha value is -1.45. The van der Waals surface area contributed by atoms with Crippen LogP contribution in [0.2, 0.25) is 0 Å². The van der Waals surface area contributed by atoms with Crippen molar-refractivity contribution in [3.63, 3.8) is 0 Å². The molecule has 23 heavy (non-hydrogen) atoms. The third-order valence-electron chi connectivity index (χ3n) is 2.94. The molecule has 0 aliphatic heterocycles. The summed E-state index contributed by atoms with van der Waals surface area (Å²) in [4.78, 5) is 23.3. The molecule has 130 valence electrons. The summed E-state index contributed by atoms with van der Waals surface area (Å²) in [5, 5.41) is 11.6. The molecule has 1 aromatic rings. The molecule has 0 bridgehead atoms. The summed E-state index contributed by atoms with van der Waals surface area (Å²) >= 11 is 1.06. The highest BCUT2D eigenvalue weighted by atomic mass is 32.2. The van der Waals surface area contributed by atoms with Gasteiger partial charge in [0.05, 0.1) is 0 Å². The normalized spacial score (nSPS) is 13.6. The zero-order chi connectivity index (χ0) is 17.8. The van der Waals surface area contributed by atoms with Gasteiger partial charge >= 0.3 is 5.97 Å². The SMILES string of the molecule is CC(NS(=O)(=O)c1ccc(CCNC(=O)C(C)(C)C)s1)C(=O)O. The maximum absolute atomic E-state index is 12.0. The number of thiophene rings is 1. The lowest BCUT2D eigenvalue weighted by molar-refractivity contribution is -0.138. The maximum atomic E-state index is 12.0. The van der Waals surface area contributed by atoms with Crippen LogP contribution in [0, 0.1) is 5.41 Å². The number of nitrogens with one attached hydrogen (secondary N) is 2. The van der Waals surface area contributed by atoms with E-state index in [2.05, 4.69) is 10.0 Å². The van der Waals surface area contributed by atoms with Crippen molar-refractivity contribution < 1.29 is 23.1 Å². The first-order valence-electron chi connectivity index (χ1n) is 7.05. The second-order valence-corrected chi connectivity index (χ2v) is 9.27. The molecule has 0 radical (unpaired) electrons. The molecule has 1 unspecified atom stereocenters. The van der Waals surface area contributed by atoms with Gasteiger partial charge in [-0.2, -0.15) is 4.72 Å². The summed E-state index contributed by atoms with van der Waals surface area (Å²) in [6.45, 7) is 7.11. The zero-order valence-corrected chi connectivity index (χ0v) is 15.2. The van der Waals surface area contributed by atoms with Crippen LogP contribution >= 0.6 is 11.3 Å². The highest BCUT2D eigenvalue weighted by Crippen LogP contribution is 2.22. The predicted octanol–water partition coefficient (Wildman–Crippen LogP) is 1.20. The summed E-state index contributed by atoms with van der Waals surface area (Å²) in [7, 11) is -3.85. The molecule has 0 aliphatic carbocycles. The van der Waals surface area contributed by atoms with E-state index in [9.17, 15) is 18.0 Å². The van der Waals surface area contributed by atoms with E-state index in [1.807, 2.05) is 20.8 Å². The van der Waals surface area contributed by atoms with Crippen LogP contribution < -0.4 is 10.0 Å². The lowest BCUT2D eigenvalue weighted by Gasteiger charge is -2.17. The second kappa shape index (κ2) is 7.41. The van der Waals surface area contributed by atoms with Crippen LogP contribution in [0.4, 0.5) is 0 Å². The first-order chi connectivity index (χ1) is 10.4. The first kappa shape index (κ1) is 19.6. The summed E-state index contributed by atoms with van der Waals surface area (Å²) in [5.74, 6) is -1.31. The van der Waals surface area contributed by atoms with Crippen molar-refractivity contribution in [2.45, 2.75) is 44.4 Å². The largest absolute Gasteiger partial charge is 0.480 e. The number of aliphatic carboxylic acids is 1. The van der Waals surface area contributed by atoms with Crippen LogP contribution in [-0.2, 0) is 26.0 Å². The Morgan fingerprint density at radius 1 is 1.30 bits per heavy atom. The molecule has 0 saturated carbocycles. The molecule has 1 heterocycles. The molecule has 1 amide bonds. The monoisotopic (exact) mass is 362 g/mol. The van der Waals surface area contributed by atoms with Crippen molar-refractivity contribution in [3.05, 3.63) is 17.0 Å². The van der Waals surface area contributed by atoms with E-state index in [1.54, 1.807) is 6.07 Å². The molecule has 9 heteroatoms. The maximum Gasteiger partial charge on any atom is 0.321 e. The third kappa shape index (κ3) is 5.92. The number of hydrogen-bond acceptors (Lipinski definition) is 5. The van der Waals surface area contributed by atoms with Gasteiger partial charge in [0, 0.05) is 16.8 Å². The molecule has 0 aromatic carbocycles. The van der Waals surface area contributed by atoms with Crippen molar-refractivity contribution >= 4 is 33.2 Å². The minimum atomic E-state index is -3.85. The van der Waals surface area contributed by atoms with Crippen molar-refractivity contribution in [3.8, 4) is 0 Å². The number of amides is 1. The van der Waals surface area contributed by atoms with Crippen LogP contribution in [0.15, 0.2) is 16.3 Å². The molecular formula is C14H22N2O5S2. The van der Waals surface area contributed by atoms with Crippen molar-refractivity contribution in [1.82, 2.24) is 10.0 Å². The van der Waals surface area contributed by atoms with E-state index in [4.69, 9.17) is 5.11 Å². The van der Waals surface area contributed by atoms with Crippen LogP contribution in [-0.4, -0.2) is 38.0 Å². The lowest BCUT2D eigenvalue weighted by Crippen LogP contribution is -2.37. The van der Waals surface area contributed by atoms with Crippen LogP contribution in [0.25, 0.3) is 0 Å². The van der Waals surface area contributed by atoms with Gasteiger partial charge in [-0.3, -0.25) is 9.59 Å². The average Bonchev–Trinajstić information content (AvgIpc) is 2.86. The molecule has 1 aromatic heterocycles. The highest BCUT2D eigenvalue weighted by Gasteiger charge is 2.23. The average molecular weight is 362 g/mol. The minimum Gasteiger partial charge on any atom is -0.480 e. The van der Waals surface area contributed by atoms with E-state index in [1.165, 1.54) is 13.0 Å². The van der Waals surface area contributed by atoms with Crippen LogP contribution in [0.5, 0.6) is 0 Å². The molecule has 1 atom stereocenters. The van der Waals surface area contributed by atoms with E-state index in [0.29, 0.717) is 13.0 Å². The van der Waals surface area contributed by atoms with E-state index in [-0.39, 0.29) is 10.1 Å². The molecule has 0 saturated heterocycles. The molecule has 0 aliphatic rings. The molecule has 3 N–H and O–H groups in total. The van der Waals surface area contributed by atoms with Crippen molar-refractivity contribution in [1.29, 1.82) is 0 Å². The van der Waals surface area contributed by atoms with Gasteiger partial charge in [0.25, 0.3) is 10.0 Å². The molecular weight excluding hydrogens is 340 g/mol. The second-order valence-electron chi connectivity index (χ2n) is 6.16. The Morgan fingerprint density at radius 2 is 1.91 bits per heavy atom. The Morgan fingerprint density at radius 3 is 2.43 bits per heavy atom. The van der Waals surface area contributed by atoms with Gasteiger partial charge < -0.3 is 10.4 Å².